The number of rotatable bonds is 6. The van der Waals surface area contributed by atoms with E-state index in [4.69, 9.17) is 11.6 Å². The van der Waals surface area contributed by atoms with Gasteiger partial charge in [-0.3, -0.25) is 0 Å². The lowest BCUT2D eigenvalue weighted by Gasteiger charge is -2.25. The van der Waals surface area contributed by atoms with Gasteiger partial charge in [0.1, 0.15) is 17.3 Å². The van der Waals surface area contributed by atoms with E-state index in [9.17, 15) is 0 Å². The lowest BCUT2D eigenvalue weighted by Crippen LogP contribution is -2.30. The number of anilines is 1. The van der Waals surface area contributed by atoms with Crippen molar-refractivity contribution in [2.45, 2.75) is 39.0 Å². The molecular weight excluding hydrogens is 246 g/mol. The number of hydrogen-bond acceptors (Lipinski definition) is 3. The maximum atomic E-state index is 6.20. The molecule has 0 saturated heterocycles. The van der Waals surface area contributed by atoms with Crippen LogP contribution < -0.4 is 4.90 Å². The van der Waals surface area contributed by atoms with E-state index in [0.29, 0.717) is 5.15 Å². The van der Waals surface area contributed by atoms with E-state index in [1.54, 1.807) is 6.33 Å². The standard InChI is InChI=1S/C14H20ClN3/c1-2-12-13(15)16-9-17-14(12)18(7-10-3-4-10)8-11-5-6-11/h9-11H,2-8H2,1H3. The van der Waals surface area contributed by atoms with E-state index in [1.807, 2.05) is 0 Å². The third kappa shape index (κ3) is 2.77. The second-order valence-corrected chi connectivity index (χ2v) is 5.97. The second kappa shape index (κ2) is 5.04. The highest BCUT2D eigenvalue weighted by Crippen LogP contribution is 2.36. The highest BCUT2D eigenvalue weighted by Gasteiger charge is 2.30. The number of nitrogens with zero attached hydrogens (tertiary/aromatic N) is 3. The third-order valence-corrected chi connectivity index (χ3v) is 4.20. The maximum Gasteiger partial charge on any atom is 0.137 e. The summed E-state index contributed by atoms with van der Waals surface area (Å²) < 4.78 is 0. The minimum absolute atomic E-state index is 0.624. The molecule has 18 heavy (non-hydrogen) atoms. The van der Waals surface area contributed by atoms with Gasteiger partial charge in [-0.25, -0.2) is 9.97 Å². The number of halogens is 1. The summed E-state index contributed by atoms with van der Waals surface area (Å²) in [6.07, 6.45) is 8.01. The quantitative estimate of drug-likeness (QED) is 0.739. The van der Waals surface area contributed by atoms with Crippen LogP contribution in [0.2, 0.25) is 5.15 Å². The van der Waals surface area contributed by atoms with Gasteiger partial charge in [0.05, 0.1) is 0 Å². The van der Waals surface area contributed by atoms with Crippen molar-refractivity contribution in [3.63, 3.8) is 0 Å². The van der Waals surface area contributed by atoms with Crippen molar-refractivity contribution < 1.29 is 0 Å². The fourth-order valence-electron chi connectivity index (χ4n) is 2.43. The van der Waals surface area contributed by atoms with E-state index in [1.165, 1.54) is 25.7 Å². The Balaban J connectivity index is 1.84. The van der Waals surface area contributed by atoms with Crippen molar-refractivity contribution in [2.75, 3.05) is 18.0 Å². The lowest BCUT2D eigenvalue weighted by atomic mass is 10.2. The predicted octanol–water partition coefficient (Wildman–Crippen LogP) is 3.32. The zero-order valence-corrected chi connectivity index (χ0v) is 11.7. The van der Waals surface area contributed by atoms with E-state index in [2.05, 4.69) is 21.8 Å². The van der Waals surface area contributed by atoms with Crippen LogP contribution in [-0.2, 0) is 6.42 Å². The van der Waals surface area contributed by atoms with Crippen molar-refractivity contribution >= 4 is 17.4 Å². The van der Waals surface area contributed by atoms with Crippen LogP contribution in [0, 0.1) is 11.8 Å². The Morgan fingerprint density at radius 3 is 2.28 bits per heavy atom. The summed E-state index contributed by atoms with van der Waals surface area (Å²) in [5.41, 5.74) is 1.11. The molecule has 1 heterocycles. The topological polar surface area (TPSA) is 29.0 Å². The van der Waals surface area contributed by atoms with Gasteiger partial charge in [-0.2, -0.15) is 0 Å². The van der Waals surface area contributed by atoms with Crippen molar-refractivity contribution in [1.82, 2.24) is 9.97 Å². The molecule has 98 valence electrons. The van der Waals surface area contributed by atoms with Gasteiger partial charge in [-0.05, 0) is 43.9 Å². The Morgan fingerprint density at radius 2 is 1.78 bits per heavy atom. The first-order chi connectivity index (χ1) is 8.78. The number of hydrogen-bond donors (Lipinski definition) is 0. The molecule has 0 amide bonds. The van der Waals surface area contributed by atoms with Crippen LogP contribution >= 0.6 is 11.6 Å². The molecule has 0 N–H and O–H groups in total. The summed E-state index contributed by atoms with van der Waals surface area (Å²) in [7, 11) is 0. The van der Waals surface area contributed by atoms with Crippen molar-refractivity contribution in [2.24, 2.45) is 11.8 Å². The Labute approximate surface area is 114 Å². The molecule has 3 rings (SSSR count). The highest BCUT2D eigenvalue weighted by atomic mass is 35.5. The smallest absolute Gasteiger partial charge is 0.137 e. The molecular formula is C14H20ClN3. The zero-order chi connectivity index (χ0) is 12.5. The molecule has 0 unspecified atom stereocenters. The molecule has 1 aromatic rings. The summed E-state index contributed by atoms with van der Waals surface area (Å²) in [6, 6.07) is 0. The molecule has 0 radical (unpaired) electrons. The van der Waals surface area contributed by atoms with Gasteiger partial charge < -0.3 is 4.90 Å². The van der Waals surface area contributed by atoms with Crippen molar-refractivity contribution in [3.8, 4) is 0 Å². The molecule has 2 aliphatic carbocycles. The molecule has 1 aromatic heterocycles. The van der Waals surface area contributed by atoms with Crippen LogP contribution in [-0.4, -0.2) is 23.1 Å². The fraction of sp³-hybridized carbons (Fsp3) is 0.714. The normalized spacial score (nSPS) is 19.0. The van der Waals surface area contributed by atoms with Gasteiger partial charge in [0.2, 0.25) is 0 Å². The largest absolute Gasteiger partial charge is 0.356 e. The van der Waals surface area contributed by atoms with E-state index < -0.39 is 0 Å². The van der Waals surface area contributed by atoms with Gasteiger partial charge >= 0.3 is 0 Å². The maximum absolute atomic E-state index is 6.20. The molecule has 0 aromatic carbocycles. The Hall–Kier alpha value is -0.830. The van der Waals surface area contributed by atoms with Gasteiger partial charge in [0.15, 0.2) is 0 Å². The van der Waals surface area contributed by atoms with Gasteiger partial charge in [-0.1, -0.05) is 18.5 Å². The van der Waals surface area contributed by atoms with Crippen LogP contribution in [0.15, 0.2) is 6.33 Å². The summed E-state index contributed by atoms with van der Waals surface area (Å²) in [5, 5.41) is 0.624. The summed E-state index contributed by atoms with van der Waals surface area (Å²) >= 11 is 6.20. The first-order valence-corrected chi connectivity index (χ1v) is 7.40. The molecule has 0 spiro atoms. The lowest BCUT2D eigenvalue weighted by molar-refractivity contribution is 0.666. The molecule has 0 aliphatic heterocycles. The molecule has 0 atom stereocenters. The summed E-state index contributed by atoms with van der Waals surface area (Å²) in [6.45, 7) is 4.42. The highest BCUT2D eigenvalue weighted by molar-refractivity contribution is 6.30. The molecule has 0 bridgehead atoms. The zero-order valence-electron chi connectivity index (χ0n) is 10.9. The van der Waals surface area contributed by atoms with E-state index in [0.717, 1.165) is 42.7 Å². The Bertz CT molecular complexity index is 413. The first kappa shape index (κ1) is 12.2. The first-order valence-electron chi connectivity index (χ1n) is 7.02. The molecule has 2 aliphatic rings. The molecule has 4 heteroatoms. The van der Waals surface area contributed by atoms with Crippen LogP contribution in [0.5, 0.6) is 0 Å². The molecule has 2 saturated carbocycles. The van der Waals surface area contributed by atoms with Gasteiger partial charge in [0, 0.05) is 18.7 Å². The third-order valence-electron chi connectivity index (χ3n) is 3.87. The monoisotopic (exact) mass is 265 g/mol. The van der Waals surface area contributed by atoms with Crippen LogP contribution in [0.25, 0.3) is 0 Å². The second-order valence-electron chi connectivity index (χ2n) is 5.61. The van der Waals surface area contributed by atoms with E-state index >= 15 is 0 Å². The van der Waals surface area contributed by atoms with Gasteiger partial charge in [-0.15, -0.1) is 0 Å². The Kier molecular flexibility index (Phi) is 3.42. The van der Waals surface area contributed by atoms with Gasteiger partial charge in [0.25, 0.3) is 0 Å². The average molecular weight is 266 g/mol. The average Bonchev–Trinajstić information content (AvgIpc) is 3.22. The minimum Gasteiger partial charge on any atom is -0.356 e. The minimum atomic E-state index is 0.624. The fourth-order valence-corrected chi connectivity index (χ4v) is 2.69. The summed E-state index contributed by atoms with van der Waals surface area (Å²) in [4.78, 5) is 11.1. The van der Waals surface area contributed by atoms with Crippen molar-refractivity contribution in [3.05, 3.63) is 17.0 Å². The van der Waals surface area contributed by atoms with Crippen LogP contribution in [0.4, 0.5) is 5.82 Å². The SMILES string of the molecule is CCc1c(Cl)ncnc1N(CC1CC1)CC1CC1. The van der Waals surface area contributed by atoms with Crippen molar-refractivity contribution in [1.29, 1.82) is 0 Å². The number of aromatic nitrogens is 2. The van der Waals surface area contributed by atoms with Crippen LogP contribution in [0.1, 0.15) is 38.2 Å². The van der Waals surface area contributed by atoms with E-state index in [-0.39, 0.29) is 0 Å². The molecule has 3 nitrogen and oxygen atoms in total. The van der Waals surface area contributed by atoms with Crippen LogP contribution in [0.3, 0.4) is 0 Å². The Morgan fingerprint density at radius 1 is 1.17 bits per heavy atom. The predicted molar refractivity (Wildman–Crippen MR) is 74.1 cm³/mol. The summed E-state index contributed by atoms with van der Waals surface area (Å²) in [5.74, 6) is 2.83. The molecule has 2 fully saturated rings.